The molecule has 4 aromatic carbocycles. The standard InChI is InChI=1S/C17H12Cl2P.C5H5.Fe/c18-15-13(11-7-3-1-4-8-11)14(17(20)16(15)19)12-9-5-2-6-10-12;1-2-4-5-3-1;/h1-10H,20H2;1-5H;/q2*-1;+2. The average molecular weight is 439 g/mol. The smallest absolute Gasteiger partial charge is 0.214 e. The molecule has 0 amide bonds. The number of hydrogen-bond donors (Lipinski definition) is 0. The Balaban J connectivity index is 0.000000351. The molecule has 1 unspecified atom stereocenters. The van der Waals surface area contributed by atoms with Gasteiger partial charge in [0.15, 0.2) is 0 Å². The Morgan fingerprint density at radius 2 is 1.31 bits per heavy atom. The molecule has 0 saturated heterocycles. The summed E-state index contributed by atoms with van der Waals surface area (Å²) in [7, 11) is 2.71. The van der Waals surface area contributed by atoms with Gasteiger partial charge in [-0.1, -0.05) is 87.7 Å². The van der Waals surface area contributed by atoms with Crippen LogP contribution in [-0.4, -0.2) is 0 Å². The maximum absolute atomic E-state index is 6.46. The van der Waals surface area contributed by atoms with E-state index >= 15 is 0 Å². The Kier molecular flexibility index (Phi) is 8.16. The number of halogens is 2. The minimum atomic E-state index is 0. The van der Waals surface area contributed by atoms with Crippen LogP contribution in [0.5, 0.6) is 0 Å². The van der Waals surface area contributed by atoms with Crippen LogP contribution in [0.1, 0.15) is 0 Å². The second kappa shape index (κ2) is 10.1. The van der Waals surface area contributed by atoms with Crippen LogP contribution >= 0.6 is 32.4 Å². The molecular formula is C22H17Cl2FeP. The average Bonchev–Trinajstić information content (AvgIpc) is 3.31. The molecule has 0 nitrogen and oxygen atoms in total. The van der Waals surface area contributed by atoms with E-state index in [-0.39, 0.29) is 17.1 Å². The Morgan fingerprint density at radius 1 is 0.769 bits per heavy atom. The first-order chi connectivity index (χ1) is 12.2. The van der Waals surface area contributed by atoms with E-state index in [2.05, 4.69) is 21.4 Å². The molecular weight excluding hydrogens is 422 g/mol. The van der Waals surface area contributed by atoms with Gasteiger partial charge in [0, 0.05) is 5.02 Å². The molecule has 0 aliphatic carbocycles. The summed E-state index contributed by atoms with van der Waals surface area (Å²) in [6, 6.07) is 30.3. The van der Waals surface area contributed by atoms with Crippen LogP contribution in [0.2, 0.25) is 10.0 Å². The molecule has 0 N–H and O–H groups in total. The van der Waals surface area contributed by atoms with Crippen LogP contribution in [0.3, 0.4) is 0 Å². The summed E-state index contributed by atoms with van der Waals surface area (Å²) >= 11 is 12.8. The van der Waals surface area contributed by atoms with Crippen molar-refractivity contribution < 1.29 is 17.1 Å². The fraction of sp³-hybridized carbons (Fsp3) is 0. The first kappa shape index (κ1) is 21.0. The maximum Gasteiger partial charge on any atom is 2.00 e. The summed E-state index contributed by atoms with van der Waals surface area (Å²) in [5.41, 5.74) is 4.27. The Hall–Kier alpha value is -1.33. The largest absolute Gasteiger partial charge is 2.00 e. The van der Waals surface area contributed by atoms with Gasteiger partial charge in [-0.05, 0) is 5.02 Å². The Labute approximate surface area is 177 Å². The van der Waals surface area contributed by atoms with Gasteiger partial charge in [0.1, 0.15) is 0 Å². The van der Waals surface area contributed by atoms with Gasteiger partial charge in [0.2, 0.25) is 0 Å². The SMILES string of the molecule is Pc1c(Cl)c(Cl)[c-](-c2ccccc2)c1-c1ccccc1.[Fe+2].c1cc[cH-]c1. The number of hydrogen-bond acceptors (Lipinski definition) is 0. The van der Waals surface area contributed by atoms with Crippen molar-refractivity contribution in [2.45, 2.75) is 0 Å². The van der Waals surface area contributed by atoms with Crippen molar-refractivity contribution in [3.8, 4) is 22.3 Å². The topological polar surface area (TPSA) is 0 Å². The van der Waals surface area contributed by atoms with Crippen molar-refractivity contribution in [1.82, 2.24) is 0 Å². The van der Waals surface area contributed by atoms with Crippen LogP contribution in [0.15, 0.2) is 91.0 Å². The molecule has 0 bridgehead atoms. The second-order valence-electron chi connectivity index (χ2n) is 5.49. The van der Waals surface area contributed by atoms with Crippen LogP contribution in [0.4, 0.5) is 0 Å². The third kappa shape index (κ3) is 4.68. The summed E-state index contributed by atoms with van der Waals surface area (Å²) in [6.07, 6.45) is 0. The van der Waals surface area contributed by atoms with Crippen LogP contribution in [-0.2, 0) is 17.1 Å². The quantitative estimate of drug-likeness (QED) is 0.180. The van der Waals surface area contributed by atoms with E-state index < -0.39 is 0 Å². The Bertz CT molecular complexity index is 834. The summed E-state index contributed by atoms with van der Waals surface area (Å²) in [5, 5.41) is 2.16. The van der Waals surface area contributed by atoms with E-state index in [4.69, 9.17) is 23.2 Å². The summed E-state index contributed by atoms with van der Waals surface area (Å²) in [5.74, 6) is 0. The van der Waals surface area contributed by atoms with Crippen LogP contribution in [0.25, 0.3) is 22.3 Å². The van der Waals surface area contributed by atoms with Crippen molar-refractivity contribution in [1.29, 1.82) is 0 Å². The van der Waals surface area contributed by atoms with E-state index in [1.165, 1.54) is 0 Å². The van der Waals surface area contributed by atoms with E-state index in [0.717, 1.165) is 27.6 Å². The predicted octanol–water partition coefficient (Wildman–Crippen LogP) is 6.95. The van der Waals surface area contributed by atoms with Crippen molar-refractivity contribution in [2.75, 3.05) is 0 Å². The van der Waals surface area contributed by atoms with Crippen molar-refractivity contribution in [3.63, 3.8) is 0 Å². The summed E-state index contributed by atoms with van der Waals surface area (Å²) < 4.78 is 0. The molecule has 0 aliphatic rings. The molecule has 132 valence electrons. The van der Waals surface area contributed by atoms with E-state index in [9.17, 15) is 0 Å². The van der Waals surface area contributed by atoms with Crippen molar-refractivity contribution in [2.24, 2.45) is 0 Å². The molecule has 4 aromatic rings. The van der Waals surface area contributed by atoms with E-state index in [1.54, 1.807) is 0 Å². The van der Waals surface area contributed by atoms with Gasteiger partial charge in [-0.15, -0.1) is 33.0 Å². The zero-order valence-electron chi connectivity index (χ0n) is 13.8. The minimum Gasteiger partial charge on any atom is -0.214 e. The van der Waals surface area contributed by atoms with Gasteiger partial charge in [-0.3, -0.25) is 0 Å². The van der Waals surface area contributed by atoms with Gasteiger partial charge in [-0.2, -0.15) is 18.2 Å². The van der Waals surface area contributed by atoms with Crippen molar-refractivity contribution >= 4 is 37.7 Å². The summed E-state index contributed by atoms with van der Waals surface area (Å²) in [4.78, 5) is 0. The second-order valence-corrected chi connectivity index (χ2v) is 6.82. The van der Waals surface area contributed by atoms with Gasteiger partial charge < -0.3 is 0 Å². The fourth-order valence-electron chi connectivity index (χ4n) is 2.68. The van der Waals surface area contributed by atoms with E-state index in [1.807, 2.05) is 78.9 Å². The molecule has 0 heterocycles. The number of rotatable bonds is 2. The zero-order valence-corrected chi connectivity index (χ0v) is 17.6. The van der Waals surface area contributed by atoms with Gasteiger partial charge in [0.25, 0.3) is 0 Å². The van der Waals surface area contributed by atoms with Gasteiger partial charge in [0.05, 0.1) is 0 Å². The molecule has 1 atom stereocenters. The zero-order chi connectivity index (χ0) is 17.6. The fourth-order valence-corrected chi connectivity index (χ4v) is 3.72. The third-order valence-corrected chi connectivity index (χ3v) is 5.48. The summed E-state index contributed by atoms with van der Waals surface area (Å²) in [6.45, 7) is 0. The molecule has 0 fully saturated rings. The number of benzene rings is 2. The molecule has 4 heteroatoms. The van der Waals surface area contributed by atoms with Gasteiger partial charge >= 0.3 is 17.1 Å². The van der Waals surface area contributed by atoms with E-state index in [0.29, 0.717) is 10.0 Å². The van der Waals surface area contributed by atoms with Crippen LogP contribution < -0.4 is 5.30 Å². The molecule has 0 aliphatic heterocycles. The minimum absolute atomic E-state index is 0. The molecule has 0 aromatic heterocycles. The maximum atomic E-state index is 6.46. The Morgan fingerprint density at radius 3 is 1.81 bits per heavy atom. The van der Waals surface area contributed by atoms with Crippen molar-refractivity contribution in [3.05, 3.63) is 101 Å². The van der Waals surface area contributed by atoms with Gasteiger partial charge in [-0.25, -0.2) is 12.1 Å². The molecule has 0 spiro atoms. The molecule has 26 heavy (non-hydrogen) atoms. The normalized spacial score (nSPS) is 9.81. The predicted molar refractivity (Wildman–Crippen MR) is 114 cm³/mol. The van der Waals surface area contributed by atoms with Crippen LogP contribution in [0, 0.1) is 0 Å². The first-order valence-corrected chi connectivity index (χ1v) is 9.24. The molecule has 4 rings (SSSR count). The molecule has 0 radical (unpaired) electrons. The monoisotopic (exact) mass is 438 g/mol. The molecule has 0 saturated carbocycles. The first-order valence-electron chi connectivity index (χ1n) is 7.90. The third-order valence-electron chi connectivity index (χ3n) is 3.85.